The van der Waals surface area contributed by atoms with Gasteiger partial charge in [-0.25, -0.2) is 0 Å². The van der Waals surface area contributed by atoms with Gasteiger partial charge in [-0.3, -0.25) is 0 Å². The minimum atomic E-state index is 1.24. The third-order valence-electron chi connectivity index (χ3n) is 2.06. The van der Waals surface area contributed by atoms with Crippen molar-refractivity contribution < 1.29 is 0 Å². The van der Waals surface area contributed by atoms with Gasteiger partial charge in [0.25, 0.3) is 0 Å². The highest BCUT2D eigenvalue weighted by Gasteiger charge is 1.94. The molecule has 0 N–H and O–H groups in total. The predicted octanol–water partition coefficient (Wildman–Crippen LogP) is 5.78. The van der Waals surface area contributed by atoms with Crippen LogP contribution in [0.15, 0.2) is 24.3 Å². The summed E-state index contributed by atoms with van der Waals surface area (Å²) < 4.78 is 0. The van der Waals surface area contributed by atoms with E-state index in [2.05, 4.69) is 52.0 Å². The quantitative estimate of drug-likeness (QED) is 0.608. The van der Waals surface area contributed by atoms with Crippen LogP contribution in [0.3, 0.4) is 0 Å². The molecule has 0 unspecified atom stereocenters. The third-order valence-corrected chi connectivity index (χ3v) is 2.06. The van der Waals surface area contributed by atoms with E-state index in [0.717, 1.165) is 0 Å². The summed E-state index contributed by atoms with van der Waals surface area (Å²) in [5.41, 5.74) is 2.94. The van der Waals surface area contributed by atoms with E-state index in [0.29, 0.717) is 0 Å². The van der Waals surface area contributed by atoms with Gasteiger partial charge in [-0.2, -0.15) is 0 Å². The fourth-order valence-electron chi connectivity index (χ4n) is 1.26. The second-order valence-electron chi connectivity index (χ2n) is 3.74. The van der Waals surface area contributed by atoms with Gasteiger partial charge in [-0.15, -0.1) is 0 Å². The largest absolute Gasteiger partial charge is 0.0683 e. The van der Waals surface area contributed by atoms with Crippen molar-refractivity contribution in [2.75, 3.05) is 0 Å². The normalized spacial score (nSPS) is 8.38. The number of unbranched alkanes of at least 4 members (excludes halogenated alkanes) is 1. The summed E-state index contributed by atoms with van der Waals surface area (Å²) in [7, 11) is 0. The molecule has 94 valence electrons. The molecule has 0 amide bonds. The molecule has 0 radical (unpaired) electrons. The van der Waals surface area contributed by atoms with Crippen molar-refractivity contribution in [3.63, 3.8) is 0 Å². The molecule has 0 fully saturated rings. The van der Waals surface area contributed by atoms with E-state index in [-0.39, 0.29) is 0 Å². The molecule has 0 aromatic heterocycles. The molecule has 16 heavy (non-hydrogen) atoms. The van der Waals surface area contributed by atoms with Gasteiger partial charge >= 0.3 is 0 Å². The number of rotatable bonds is 3. The van der Waals surface area contributed by atoms with Gasteiger partial charge in [0.2, 0.25) is 0 Å². The summed E-state index contributed by atoms with van der Waals surface area (Å²) in [6.07, 6.45) is 5.09. The smallest absolute Gasteiger partial charge is 0.0276 e. The van der Waals surface area contributed by atoms with Crippen LogP contribution in [0.5, 0.6) is 0 Å². The Morgan fingerprint density at radius 1 is 0.938 bits per heavy atom. The van der Waals surface area contributed by atoms with Crippen molar-refractivity contribution >= 4 is 0 Å². The zero-order chi connectivity index (χ0) is 12.8. The summed E-state index contributed by atoms with van der Waals surface area (Å²) in [5.74, 6) is 0. The second-order valence-corrected chi connectivity index (χ2v) is 3.74. The lowest BCUT2D eigenvalue weighted by Gasteiger charge is -2.02. The molecule has 0 saturated heterocycles. The maximum absolute atomic E-state index is 2.23. The lowest BCUT2D eigenvalue weighted by molar-refractivity contribution is 0.791. The fraction of sp³-hybridized carbons (Fsp3) is 0.625. The van der Waals surface area contributed by atoms with E-state index in [4.69, 9.17) is 0 Å². The van der Waals surface area contributed by atoms with Crippen molar-refractivity contribution in [1.29, 1.82) is 0 Å². The Kier molecular flexibility index (Phi) is 15.7. The lowest BCUT2D eigenvalue weighted by atomic mass is 10.0. The first-order valence-corrected chi connectivity index (χ1v) is 6.80. The van der Waals surface area contributed by atoms with Crippen LogP contribution in [0.4, 0.5) is 0 Å². The Morgan fingerprint density at radius 3 is 1.88 bits per heavy atom. The van der Waals surface area contributed by atoms with E-state index in [1.165, 1.54) is 36.8 Å². The van der Waals surface area contributed by atoms with Gasteiger partial charge in [0.15, 0.2) is 0 Å². The van der Waals surface area contributed by atoms with Crippen molar-refractivity contribution in [2.45, 2.75) is 67.2 Å². The maximum Gasteiger partial charge on any atom is -0.0276 e. The number of hydrogen-bond donors (Lipinski definition) is 0. The first-order chi connectivity index (χ1) is 7.76. The molecule has 1 aromatic rings. The van der Waals surface area contributed by atoms with Crippen LogP contribution in [-0.2, 0) is 6.42 Å². The molecule has 1 aromatic carbocycles. The SMILES string of the molecule is CC.CCC.CCCCc1ccccc1C. The van der Waals surface area contributed by atoms with Crippen LogP contribution in [0.2, 0.25) is 0 Å². The Bertz CT molecular complexity index is 225. The molecule has 0 atom stereocenters. The van der Waals surface area contributed by atoms with Gasteiger partial charge in [0.05, 0.1) is 0 Å². The van der Waals surface area contributed by atoms with E-state index >= 15 is 0 Å². The van der Waals surface area contributed by atoms with Crippen LogP contribution < -0.4 is 0 Å². The zero-order valence-corrected chi connectivity index (χ0v) is 12.1. The highest BCUT2D eigenvalue weighted by molar-refractivity contribution is 5.25. The predicted molar refractivity (Wildman–Crippen MR) is 77.1 cm³/mol. The summed E-state index contributed by atoms with van der Waals surface area (Å²) in [5, 5.41) is 0. The molecule has 0 heteroatoms. The highest BCUT2D eigenvalue weighted by Crippen LogP contribution is 2.09. The zero-order valence-electron chi connectivity index (χ0n) is 12.1. The van der Waals surface area contributed by atoms with Gasteiger partial charge in [0.1, 0.15) is 0 Å². The lowest BCUT2D eigenvalue weighted by Crippen LogP contribution is -1.87. The van der Waals surface area contributed by atoms with Gasteiger partial charge < -0.3 is 0 Å². The summed E-state index contributed by atoms with van der Waals surface area (Å²) in [6, 6.07) is 8.64. The third kappa shape index (κ3) is 9.76. The van der Waals surface area contributed by atoms with E-state index in [9.17, 15) is 0 Å². The van der Waals surface area contributed by atoms with Crippen molar-refractivity contribution in [3.8, 4) is 0 Å². The molecule has 0 aliphatic heterocycles. The molecule has 0 aliphatic carbocycles. The Labute approximate surface area is 103 Å². The van der Waals surface area contributed by atoms with Crippen molar-refractivity contribution in [2.24, 2.45) is 0 Å². The molecule has 0 aliphatic rings. The van der Waals surface area contributed by atoms with E-state index in [1.54, 1.807) is 0 Å². The first kappa shape index (κ1) is 17.6. The molecule has 0 spiro atoms. The molecular formula is C16H30. The van der Waals surface area contributed by atoms with E-state index < -0.39 is 0 Å². The summed E-state index contributed by atoms with van der Waals surface area (Å²) in [4.78, 5) is 0. The first-order valence-electron chi connectivity index (χ1n) is 6.80. The standard InChI is InChI=1S/C11H16.C3H8.C2H6/c1-3-4-8-11-9-6-5-7-10(11)2;1-3-2;1-2/h5-7,9H,3-4,8H2,1-2H3;3H2,1-2H3;1-2H3. The van der Waals surface area contributed by atoms with Crippen LogP contribution in [0.1, 0.15) is 65.0 Å². The van der Waals surface area contributed by atoms with Crippen LogP contribution >= 0.6 is 0 Å². The average Bonchev–Trinajstić information content (AvgIpc) is 2.32. The monoisotopic (exact) mass is 222 g/mol. The fourth-order valence-corrected chi connectivity index (χ4v) is 1.26. The highest BCUT2D eigenvalue weighted by atomic mass is 14.0. The van der Waals surface area contributed by atoms with E-state index in [1.807, 2.05) is 13.8 Å². The molecule has 0 saturated carbocycles. The van der Waals surface area contributed by atoms with Gasteiger partial charge in [0, 0.05) is 0 Å². The van der Waals surface area contributed by atoms with Gasteiger partial charge in [-0.05, 0) is 30.9 Å². The topological polar surface area (TPSA) is 0 Å². The van der Waals surface area contributed by atoms with Crippen molar-refractivity contribution in [3.05, 3.63) is 35.4 Å². The molecule has 0 heterocycles. The number of hydrogen-bond acceptors (Lipinski definition) is 0. The number of aryl methyl sites for hydroxylation is 2. The minimum absolute atomic E-state index is 1.24. The Morgan fingerprint density at radius 2 is 1.44 bits per heavy atom. The minimum Gasteiger partial charge on any atom is -0.0683 e. The summed E-state index contributed by atoms with van der Waals surface area (Å²) >= 11 is 0. The van der Waals surface area contributed by atoms with Crippen LogP contribution in [0, 0.1) is 6.92 Å². The number of benzene rings is 1. The van der Waals surface area contributed by atoms with Crippen LogP contribution in [-0.4, -0.2) is 0 Å². The average molecular weight is 222 g/mol. The Balaban J connectivity index is 0. The maximum atomic E-state index is 2.23. The molecule has 0 nitrogen and oxygen atoms in total. The summed E-state index contributed by atoms with van der Waals surface area (Å²) in [6.45, 7) is 12.7. The molecular weight excluding hydrogens is 192 g/mol. The van der Waals surface area contributed by atoms with Gasteiger partial charge in [-0.1, -0.05) is 71.7 Å². The second kappa shape index (κ2) is 14.2. The van der Waals surface area contributed by atoms with Crippen LogP contribution in [0.25, 0.3) is 0 Å². The Hall–Kier alpha value is -0.780. The molecule has 0 bridgehead atoms. The van der Waals surface area contributed by atoms with Crippen molar-refractivity contribution in [1.82, 2.24) is 0 Å². The molecule has 1 rings (SSSR count).